The van der Waals surface area contributed by atoms with Gasteiger partial charge in [-0.05, 0) is 54.9 Å². The summed E-state index contributed by atoms with van der Waals surface area (Å²) in [5, 5.41) is 9.25. The molecule has 1 aliphatic rings. The van der Waals surface area contributed by atoms with E-state index in [-0.39, 0.29) is 6.03 Å². The smallest absolute Gasteiger partial charge is 0.319 e. The normalized spacial score (nSPS) is 13.0. The van der Waals surface area contributed by atoms with Gasteiger partial charge < -0.3 is 16.0 Å². The van der Waals surface area contributed by atoms with Crippen molar-refractivity contribution in [3.8, 4) is 0 Å². The van der Waals surface area contributed by atoms with Crippen molar-refractivity contribution in [2.75, 3.05) is 23.7 Å². The number of pyridine rings is 1. The zero-order valence-corrected chi connectivity index (χ0v) is 15.6. The molecule has 3 N–H and O–H groups in total. The van der Waals surface area contributed by atoms with Gasteiger partial charge in [0.1, 0.15) is 5.82 Å². The molecule has 0 atom stereocenters. The molecule has 0 fully saturated rings. The number of aromatic nitrogens is 1. The van der Waals surface area contributed by atoms with Crippen LogP contribution in [0, 0.1) is 0 Å². The van der Waals surface area contributed by atoms with E-state index in [1.54, 1.807) is 0 Å². The minimum atomic E-state index is -0.154. The fourth-order valence-corrected chi connectivity index (χ4v) is 3.26. The van der Waals surface area contributed by atoms with Crippen LogP contribution in [0.2, 0.25) is 0 Å². The number of rotatable bonds is 6. The maximum absolute atomic E-state index is 12.1. The summed E-state index contributed by atoms with van der Waals surface area (Å²) in [6.07, 6.45) is 4.01. The number of nitrogens with zero attached hydrogens (tertiary/aromatic N) is 1. The number of carbonyl (C=O) groups is 1. The van der Waals surface area contributed by atoms with Crippen molar-refractivity contribution in [2.45, 2.75) is 45.4 Å². The van der Waals surface area contributed by atoms with Crippen molar-refractivity contribution < 1.29 is 4.79 Å². The first-order chi connectivity index (χ1) is 12.6. The van der Waals surface area contributed by atoms with Gasteiger partial charge in [0.05, 0.1) is 0 Å². The molecule has 2 aromatic rings. The second-order valence-electron chi connectivity index (χ2n) is 7.07. The number of hydrogen-bond acceptors (Lipinski definition) is 3. The molecular formula is C21H28N4O. The molecule has 1 aromatic heterocycles. The van der Waals surface area contributed by atoms with E-state index < -0.39 is 0 Å². The van der Waals surface area contributed by atoms with E-state index in [4.69, 9.17) is 0 Å². The molecule has 3 rings (SSSR count). The second kappa shape index (κ2) is 8.70. The van der Waals surface area contributed by atoms with E-state index in [2.05, 4.69) is 53.0 Å². The summed E-state index contributed by atoms with van der Waals surface area (Å²) in [4.78, 5) is 16.8. The fraction of sp³-hybridized carbons (Fsp3) is 0.429. The molecule has 1 aromatic carbocycles. The molecule has 0 unspecified atom stereocenters. The minimum absolute atomic E-state index is 0.154. The number of amides is 2. The van der Waals surface area contributed by atoms with Gasteiger partial charge >= 0.3 is 6.03 Å². The molecular weight excluding hydrogens is 324 g/mol. The highest BCUT2D eigenvalue weighted by molar-refractivity contribution is 5.90. The van der Waals surface area contributed by atoms with Gasteiger partial charge in [0.2, 0.25) is 0 Å². The molecule has 0 saturated carbocycles. The topological polar surface area (TPSA) is 66.0 Å². The predicted molar refractivity (Wildman–Crippen MR) is 107 cm³/mol. The minimum Gasteiger partial charge on any atom is -0.370 e. The van der Waals surface area contributed by atoms with Gasteiger partial charge in [0, 0.05) is 24.5 Å². The lowest BCUT2D eigenvalue weighted by atomic mass is 10.0. The lowest BCUT2D eigenvalue weighted by Gasteiger charge is -2.17. The zero-order valence-electron chi connectivity index (χ0n) is 15.6. The molecule has 2 heterocycles. The maximum Gasteiger partial charge on any atom is 0.319 e. The number of nitrogens with one attached hydrogen (secondary N) is 3. The third-order valence-corrected chi connectivity index (χ3v) is 4.68. The van der Waals surface area contributed by atoms with Crippen LogP contribution in [0.25, 0.3) is 0 Å². The van der Waals surface area contributed by atoms with Gasteiger partial charge in [-0.2, -0.15) is 0 Å². The Labute approximate surface area is 155 Å². The molecule has 0 bridgehead atoms. The number of aryl methyl sites for hydroxylation is 2. The van der Waals surface area contributed by atoms with Crippen LogP contribution in [0.4, 0.5) is 16.3 Å². The molecule has 0 spiro atoms. The van der Waals surface area contributed by atoms with E-state index in [0.717, 1.165) is 48.6 Å². The number of anilines is 2. The summed E-state index contributed by atoms with van der Waals surface area (Å²) in [5.41, 5.74) is 4.41. The Morgan fingerprint density at radius 1 is 1.23 bits per heavy atom. The van der Waals surface area contributed by atoms with Gasteiger partial charge in [-0.1, -0.05) is 38.1 Å². The van der Waals surface area contributed by atoms with Crippen molar-refractivity contribution in [3.63, 3.8) is 0 Å². The van der Waals surface area contributed by atoms with Crippen LogP contribution in [-0.2, 0) is 12.8 Å². The largest absolute Gasteiger partial charge is 0.370 e. The van der Waals surface area contributed by atoms with Crippen LogP contribution < -0.4 is 16.0 Å². The highest BCUT2D eigenvalue weighted by atomic mass is 16.2. The van der Waals surface area contributed by atoms with E-state index in [9.17, 15) is 4.79 Å². The fourth-order valence-electron chi connectivity index (χ4n) is 3.26. The van der Waals surface area contributed by atoms with Gasteiger partial charge in [-0.3, -0.25) is 0 Å². The van der Waals surface area contributed by atoms with Crippen molar-refractivity contribution in [1.29, 1.82) is 0 Å². The first kappa shape index (κ1) is 18.2. The monoisotopic (exact) mass is 352 g/mol. The molecule has 5 heteroatoms. The predicted octanol–water partition coefficient (Wildman–Crippen LogP) is 4.32. The summed E-state index contributed by atoms with van der Waals surface area (Å²) in [7, 11) is 0. The Kier molecular flexibility index (Phi) is 6.10. The number of urea groups is 1. The van der Waals surface area contributed by atoms with Crippen LogP contribution in [0.3, 0.4) is 0 Å². The van der Waals surface area contributed by atoms with E-state index in [1.165, 1.54) is 12.0 Å². The first-order valence-corrected chi connectivity index (χ1v) is 9.50. The average molecular weight is 352 g/mol. The maximum atomic E-state index is 12.1. The van der Waals surface area contributed by atoms with Gasteiger partial charge in [0.25, 0.3) is 0 Å². The highest BCUT2D eigenvalue weighted by Gasteiger charge is 2.11. The lowest BCUT2D eigenvalue weighted by molar-refractivity contribution is 0.252. The Bertz CT molecular complexity index is 757. The summed E-state index contributed by atoms with van der Waals surface area (Å²) in [6.45, 7) is 5.88. The van der Waals surface area contributed by atoms with Crippen LogP contribution in [0.1, 0.15) is 49.4 Å². The first-order valence-electron chi connectivity index (χ1n) is 9.50. The third kappa shape index (κ3) is 4.75. The molecule has 138 valence electrons. The zero-order chi connectivity index (χ0) is 18.4. The second-order valence-corrected chi connectivity index (χ2v) is 7.07. The van der Waals surface area contributed by atoms with Crippen molar-refractivity contribution in [2.24, 2.45) is 0 Å². The molecule has 5 nitrogen and oxygen atoms in total. The number of benzene rings is 1. The molecule has 2 amide bonds. The van der Waals surface area contributed by atoms with Crippen LogP contribution in [0.5, 0.6) is 0 Å². The van der Waals surface area contributed by atoms with Crippen LogP contribution >= 0.6 is 0 Å². The summed E-state index contributed by atoms with van der Waals surface area (Å²) >= 11 is 0. The molecule has 1 aliphatic heterocycles. The lowest BCUT2D eigenvalue weighted by Crippen LogP contribution is -2.30. The quantitative estimate of drug-likeness (QED) is 0.679. The van der Waals surface area contributed by atoms with E-state index >= 15 is 0 Å². The number of para-hydroxylation sites is 1. The van der Waals surface area contributed by atoms with Crippen molar-refractivity contribution in [1.82, 2.24) is 10.3 Å². The van der Waals surface area contributed by atoms with Gasteiger partial charge in [-0.25, -0.2) is 9.78 Å². The van der Waals surface area contributed by atoms with Gasteiger partial charge in [-0.15, -0.1) is 0 Å². The third-order valence-electron chi connectivity index (χ3n) is 4.68. The molecule has 0 saturated heterocycles. The standard InChI is InChI=1S/C21H28N4O/c1-15(2)18-9-3-4-10-19(18)25-21(26)23-14-6-8-17-12-11-16-7-5-13-22-20(16)24-17/h3-4,9-12,15H,5-8,13-14H2,1-2H3,(H,22,24)(H2,23,25,26). The highest BCUT2D eigenvalue weighted by Crippen LogP contribution is 2.23. The Balaban J connectivity index is 1.44. The molecule has 26 heavy (non-hydrogen) atoms. The average Bonchev–Trinajstić information content (AvgIpc) is 2.65. The van der Waals surface area contributed by atoms with Crippen molar-refractivity contribution >= 4 is 17.5 Å². The Hall–Kier alpha value is -2.56. The molecule has 0 radical (unpaired) electrons. The SMILES string of the molecule is CC(C)c1ccccc1NC(=O)NCCCc1ccc2c(n1)NCCC2. The number of fused-ring (bicyclic) bond motifs is 1. The van der Waals surface area contributed by atoms with Crippen LogP contribution in [-0.4, -0.2) is 24.1 Å². The van der Waals surface area contributed by atoms with Crippen LogP contribution in [0.15, 0.2) is 36.4 Å². The van der Waals surface area contributed by atoms with E-state index in [1.807, 2.05) is 18.2 Å². The summed E-state index contributed by atoms with van der Waals surface area (Å²) in [5.74, 6) is 1.40. The van der Waals surface area contributed by atoms with E-state index in [0.29, 0.717) is 12.5 Å². The Morgan fingerprint density at radius 3 is 2.92 bits per heavy atom. The molecule has 0 aliphatic carbocycles. The van der Waals surface area contributed by atoms with Gasteiger partial charge in [0.15, 0.2) is 0 Å². The Morgan fingerprint density at radius 2 is 2.08 bits per heavy atom. The summed E-state index contributed by atoms with van der Waals surface area (Å²) < 4.78 is 0. The number of carbonyl (C=O) groups excluding carboxylic acids is 1. The summed E-state index contributed by atoms with van der Waals surface area (Å²) in [6, 6.07) is 12.1. The number of hydrogen-bond donors (Lipinski definition) is 3. The van der Waals surface area contributed by atoms with Crippen molar-refractivity contribution in [3.05, 3.63) is 53.2 Å².